The molecular formula is C15H26N2. The van der Waals surface area contributed by atoms with E-state index in [4.69, 9.17) is 5.73 Å². The predicted molar refractivity (Wildman–Crippen MR) is 75.1 cm³/mol. The first-order chi connectivity index (χ1) is 7.95. The van der Waals surface area contributed by atoms with Crippen LogP contribution in [0.25, 0.3) is 0 Å². The van der Waals surface area contributed by atoms with Crippen LogP contribution in [0.5, 0.6) is 0 Å². The van der Waals surface area contributed by atoms with Crippen molar-refractivity contribution in [2.45, 2.75) is 45.2 Å². The summed E-state index contributed by atoms with van der Waals surface area (Å²) in [6.45, 7) is 6.59. The zero-order valence-electron chi connectivity index (χ0n) is 11.8. The van der Waals surface area contributed by atoms with Crippen LogP contribution < -0.4 is 5.73 Å². The molecule has 0 fully saturated rings. The zero-order valence-corrected chi connectivity index (χ0v) is 11.8. The maximum absolute atomic E-state index is 6.43. The summed E-state index contributed by atoms with van der Waals surface area (Å²) >= 11 is 0. The lowest BCUT2D eigenvalue weighted by molar-refractivity contribution is 0.132. The number of benzene rings is 1. The summed E-state index contributed by atoms with van der Waals surface area (Å²) in [5, 5.41) is 0. The van der Waals surface area contributed by atoms with Gasteiger partial charge in [0.2, 0.25) is 0 Å². The lowest BCUT2D eigenvalue weighted by atomic mass is 9.84. The van der Waals surface area contributed by atoms with Crippen molar-refractivity contribution in [3.8, 4) is 0 Å². The molecule has 0 aliphatic carbocycles. The fourth-order valence-corrected chi connectivity index (χ4v) is 2.13. The van der Waals surface area contributed by atoms with E-state index in [0.29, 0.717) is 0 Å². The normalized spacial score (nSPS) is 16.9. The molecule has 0 saturated carbocycles. The topological polar surface area (TPSA) is 29.3 Å². The van der Waals surface area contributed by atoms with Gasteiger partial charge in [0.05, 0.1) is 0 Å². The molecule has 0 bridgehead atoms. The molecule has 0 amide bonds. The molecule has 1 aromatic rings. The first kappa shape index (κ1) is 14.2. The Bertz CT molecular complexity index is 342. The monoisotopic (exact) mass is 234 g/mol. The van der Waals surface area contributed by atoms with Crippen molar-refractivity contribution in [2.24, 2.45) is 5.73 Å². The SMILES string of the molecule is CCc1ccc(C(N)C(C)(CC)N(C)C)cc1. The standard InChI is InChI=1S/C15H26N2/c1-6-12-8-10-13(11-9-12)14(16)15(3,7-2)17(4)5/h8-11,14H,6-7,16H2,1-5H3. The third kappa shape index (κ3) is 2.88. The van der Waals surface area contributed by atoms with Crippen molar-refractivity contribution < 1.29 is 0 Å². The van der Waals surface area contributed by atoms with E-state index in [9.17, 15) is 0 Å². The first-order valence-electron chi connectivity index (χ1n) is 6.47. The summed E-state index contributed by atoms with van der Waals surface area (Å²) < 4.78 is 0. The number of nitrogens with two attached hydrogens (primary N) is 1. The maximum Gasteiger partial charge on any atom is 0.0479 e. The van der Waals surface area contributed by atoms with Gasteiger partial charge in [-0.15, -0.1) is 0 Å². The maximum atomic E-state index is 6.43. The average Bonchev–Trinajstić information content (AvgIpc) is 2.36. The summed E-state index contributed by atoms with van der Waals surface area (Å²) in [6.07, 6.45) is 2.12. The Labute approximate surface area is 106 Å². The minimum atomic E-state index is 0.00767. The molecule has 0 aromatic heterocycles. The van der Waals surface area contributed by atoms with Crippen LogP contribution >= 0.6 is 0 Å². The molecule has 2 nitrogen and oxygen atoms in total. The van der Waals surface area contributed by atoms with E-state index in [-0.39, 0.29) is 11.6 Å². The highest BCUT2D eigenvalue weighted by Gasteiger charge is 2.32. The molecule has 96 valence electrons. The van der Waals surface area contributed by atoms with Gasteiger partial charge >= 0.3 is 0 Å². The van der Waals surface area contributed by atoms with Gasteiger partial charge in [0.25, 0.3) is 0 Å². The van der Waals surface area contributed by atoms with Crippen LogP contribution in [0.4, 0.5) is 0 Å². The van der Waals surface area contributed by atoms with E-state index in [2.05, 4.69) is 64.0 Å². The van der Waals surface area contributed by atoms with Crippen LogP contribution in [0.15, 0.2) is 24.3 Å². The van der Waals surface area contributed by atoms with Crippen molar-refractivity contribution in [3.63, 3.8) is 0 Å². The van der Waals surface area contributed by atoms with E-state index >= 15 is 0 Å². The molecule has 1 aromatic carbocycles. The molecule has 0 heterocycles. The van der Waals surface area contributed by atoms with Crippen molar-refractivity contribution in [3.05, 3.63) is 35.4 Å². The van der Waals surface area contributed by atoms with Gasteiger partial charge in [-0.3, -0.25) is 0 Å². The van der Waals surface area contributed by atoms with Crippen molar-refractivity contribution in [1.82, 2.24) is 4.90 Å². The number of hydrogen-bond donors (Lipinski definition) is 1. The fraction of sp³-hybridized carbons (Fsp3) is 0.600. The Morgan fingerprint density at radius 2 is 1.71 bits per heavy atom. The van der Waals surface area contributed by atoms with E-state index in [0.717, 1.165) is 12.8 Å². The van der Waals surface area contributed by atoms with Crippen molar-refractivity contribution in [1.29, 1.82) is 0 Å². The highest BCUT2D eigenvalue weighted by atomic mass is 15.2. The van der Waals surface area contributed by atoms with Crippen LogP contribution in [0.3, 0.4) is 0 Å². The minimum absolute atomic E-state index is 0.00767. The Kier molecular flexibility index (Phi) is 4.72. The Balaban J connectivity index is 2.97. The number of nitrogens with zero attached hydrogens (tertiary/aromatic N) is 1. The van der Waals surface area contributed by atoms with Crippen LogP contribution in [0, 0.1) is 0 Å². The molecule has 0 spiro atoms. The number of likely N-dealkylation sites (N-methyl/N-ethyl adjacent to an activating group) is 1. The fourth-order valence-electron chi connectivity index (χ4n) is 2.13. The van der Waals surface area contributed by atoms with Gasteiger partial charge in [0.15, 0.2) is 0 Å². The molecule has 1 rings (SSSR count). The van der Waals surface area contributed by atoms with Crippen LogP contribution in [0.2, 0.25) is 0 Å². The highest BCUT2D eigenvalue weighted by molar-refractivity contribution is 5.27. The minimum Gasteiger partial charge on any atom is -0.322 e. The van der Waals surface area contributed by atoms with Gasteiger partial charge in [-0.25, -0.2) is 0 Å². The van der Waals surface area contributed by atoms with Crippen LogP contribution in [-0.2, 0) is 6.42 Å². The van der Waals surface area contributed by atoms with E-state index in [1.807, 2.05) is 0 Å². The molecular weight excluding hydrogens is 208 g/mol. The van der Waals surface area contributed by atoms with E-state index in [1.165, 1.54) is 11.1 Å². The summed E-state index contributed by atoms with van der Waals surface area (Å²) in [7, 11) is 4.20. The van der Waals surface area contributed by atoms with Crippen LogP contribution in [0.1, 0.15) is 44.4 Å². The summed E-state index contributed by atoms with van der Waals surface area (Å²) in [5.74, 6) is 0. The van der Waals surface area contributed by atoms with Gasteiger partial charge in [0.1, 0.15) is 0 Å². The molecule has 2 N–H and O–H groups in total. The van der Waals surface area contributed by atoms with Gasteiger partial charge in [-0.1, -0.05) is 38.1 Å². The van der Waals surface area contributed by atoms with Crippen LogP contribution in [-0.4, -0.2) is 24.5 Å². The molecule has 0 aliphatic heterocycles. The second-order valence-corrected chi connectivity index (χ2v) is 5.18. The van der Waals surface area contributed by atoms with Crippen molar-refractivity contribution in [2.75, 3.05) is 14.1 Å². The average molecular weight is 234 g/mol. The van der Waals surface area contributed by atoms with Gasteiger partial charge in [0, 0.05) is 11.6 Å². The molecule has 2 heteroatoms. The van der Waals surface area contributed by atoms with Gasteiger partial charge in [-0.2, -0.15) is 0 Å². The number of hydrogen-bond acceptors (Lipinski definition) is 2. The molecule has 2 atom stereocenters. The Hall–Kier alpha value is -0.860. The molecule has 17 heavy (non-hydrogen) atoms. The first-order valence-corrected chi connectivity index (χ1v) is 6.47. The molecule has 0 saturated heterocycles. The molecule has 0 radical (unpaired) electrons. The second kappa shape index (κ2) is 5.65. The Morgan fingerprint density at radius 1 is 1.18 bits per heavy atom. The zero-order chi connectivity index (χ0) is 13.1. The Morgan fingerprint density at radius 3 is 2.06 bits per heavy atom. The van der Waals surface area contributed by atoms with E-state index < -0.39 is 0 Å². The third-order valence-corrected chi connectivity index (χ3v) is 4.15. The number of aryl methyl sites for hydroxylation is 1. The summed E-state index contributed by atoms with van der Waals surface area (Å²) in [5.41, 5.74) is 9.03. The van der Waals surface area contributed by atoms with E-state index in [1.54, 1.807) is 0 Å². The largest absolute Gasteiger partial charge is 0.322 e. The van der Waals surface area contributed by atoms with Gasteiger partial charge in [-0.05, 0) is 45.0 Å². The predicted octanol–water partition coefficient (Wildman–Crippen LogP) is 2.98. The molecule has 2 unspecified atom stereocenters. The van der Waals surface area contributed by atoms with Gasteiger partial charge < -0.3 is 10.6 Å². The second-order valence-electron chi connectivity index (χ2n) is 5.18. The van der Waals surface area contributed by atoms with Crippen molar-refractivity contribution >= 4 is 0 Å². The summed E-state index contributed by atoms with van der Waals surface area (Å²) in [4.78, 5) is 2.23. The number of rotatable bonds is 5. The third-order valence-electron chi connectivity index (χ3n) is 4.15. The quantitative estimate of drug-likeness (QED) is 0.848. The summed E-state index contributed by atoms with van der Waals surface area (Å²) in [6, 6.07) is 8.75. The highest BCUT2D eigenvalue weighted by Crippen LogP contribution is 2.30. The smallest absolute Gasteiger partial charge is 0.0479 e. The molecule has 0 aliphatic rings. The lowest BCUT2D eigenvalue weighted by Crippen LogP contribution is -2.49. The lowest BCUT2D eigenvalue weighted by Gasteiger charge is -2.41.